The number of nitrogens with zero attached hydrogens (tertiary/aromatic N) is 4. The van der Waals surface area contributed by atoms with Crippen molar-refractivity contribution in [2.24, 2.45) is 0 Å². The minimum atomic E-state index is -0.379. The second kappa shape index (κ2) is 8.62. The number of pyridine rings is 2. The molecule has 4 aromatic rings. The summed E-state index contributed by atoms with van der Waals surface area (Å²) >= 11 is 0. The number of hydrogen-bond donors (Lipinski definition) is 2. The predicted octanol–water partition coefficient (Wildman–Crippen LogP) is 3.27. The zero-order valence-corrected chi connectivity index (χ0v) is 18.0. The van der Waals surface area contributed by atoms with E-state index in [1.54, 1.807) is 44.6 Å². The van der Waals surface area contributed by atoms with Gasteiger partial charge in [0.2, 0.25) is 11.9 Å². The van der Waals surface area contributed by atoms with Crippen LogP contribution in [0.25, 0.3) is 22.2 Å². The van der Waals surface area contributed by atoms with Crippen molar-refractivity contribution in [1.82, 2.24) is 20.1 Å². The number of fused-ring (bicyclic) bond motifs is 1. The summed E-state index contributed by atoms with van der Waals surface area (Å²) in [5.74, 6) is -0.255. The van der Waals surface area contributed by atoms with Crippen LogP contribution in [0.2, 0.25) is 0 Å². The minimum Gasteiger partial charge on any atom is -0.492 e. The third-order valence-electron chi connectivity index (χ3n) is 5.22. The molecule has 0 atom stereocenters. The smallest absolute Gasteiger partial charge is 0.255 e. The maximum absolute atomic E-state index is 13.7. The van der Waals surface area contributed by atoms with E-state index in [9.17, 15) is 14.4 Å². The van der Waals surface area contributed by atoms with E-state index in [-0.39, 0.29) is 18.3 Å². The van der Waals surface area contributed by atoms with Crippen LogP contribution in [0, 0.1) is 12.7 Å². The van der Waals surface area contributed by atoms with Crippen LogP contribution in [0.4, 0.5) is 4.39 Å². The van der Waals surface area contributed by atoms with Crippen LogP contribution >= 0.6 is 0 Å². The summed E-state index contributed by atoms with van der Waals surface area (Å²) in [4.78, 5) is 19.0. The van der Waals surface area contributed by atoms with Crippen LogP contribution in [0.15, 0.2) is 48.9 Å². The van der Waals surface area contributed by atoms with E-state index in [1.165, 1.54) is 23.2 Å². The van der Waals surface area contributed by atoms with E-state index in [2.05, 4.69) is 15.2 Å². The van der Waals surface area contributed by atoms with Crippen LogP contribution < -0.4 is 9.47 Å². The molecule has 0 aliphatic heterocycles. The lowest BCUT2D eigenvalue weighted by atomic mass is 10.1. The molecule has 0 unspecified atom stereocenters. The van der Waals surface area contributed by atoms with Gasteiger partial charge in [-0.2, -0.15) is 5.10 Å². The molecule has 0 radical (unpaired) electrons. The van der Waals surface area contributed by atoms with Crippen molar-refractivity contribution in [2.45, 2.75) is 20.4 Å². The first-order valence-corrected chi connectivity index (χ1v) is 10.1. The van der Waals surface area contributed by atoms with E-state index < -0.39 is 0 Å². The normalized spacial score (nSPS) is 11.0. The standard InChI is InChI=1S/C23H22FN5O3/c1-4-32-20-9-16(10-25-22(20)15-6-5-7-18(24)8-15)23(30)28(3)12-17-13-29(31)14(2)19-11-26-27-21(17)19/h5-11,13,31H,4,12H2,1-3H3/p+1. The fraction of sp³-hybridized carbons (Fsp3) is 0.217. The Labute approximate surface area is 183 Å². The highest BCUT2D eigenvalue weighted by molar-refractivity contribution is 5.95. The number of ether oxygens (including phenoxy) is 1. The average molecular weight is 436 g/mol. The number of nitrogens with one attached hydrogen (secondary N) is 1. The molecule has 1 amide bonds. The van der Waals surface area contributed by atoms with E-state index in [4.69, 9.17) is 4.74 Å². The van der Waals surface area contributed by atoms with E-state index >= 15 is 0 Å². The maximum Gasteiger partial charge on any atom is 0.255 e. The highest BCUT2D eigenvalue weighted by atomic mass is 19.1. The molecule has 164 valence electrons. The van der Waals surface area contributed by atoms with Gasteiger partial charge in [0.1, 0.15) is 17.3 Å². The Morgan fingerprint density at radius 1 is 1.31 bits per heavy atom. The zero-order valence-electron chi connectivity index (χ0n) is 18.0. The molecule has 9 heteroatoms. The van der Waals surface area contributed by atoms with Gasteiger partial charge in [0.15, 0.2) is 0 Å². The Kier molecular flexibility index (Phi) is 5.72. The van der Waals surface area contributed by atoms with Gasteiger partial charge in [-0.1, -0.05) is 12.1 Å². The number of H-pyrrole nitrogens is 1. The van der Waals surface area contributed by atoms with Gasteiger partial charge in [-0.3, -0.25) is 20.1 Å². The monoisotopic (exact) mass is 436 g/mol. The van der Waals surface area contributed by atoms with E-state index in [1.807, 2.05) is 6.92 Å². The lowest BCUT2D eigenvalue weighted by Gasteiger charge is -2.18. The molecule has 0 aliphatic rings. The maximum atomic E-state index is 13.7. The summed E-state index contributed by atoms with van der Waals surface area (Å²) in [5.41, 5.74) is 3.46. The molecule has 0 saturated carbocycles. The number of carbonyl (C=O) groups is 1. The van der Waals surface area contributed by atoms with E-state index in [0.29, 0.717) is 40.4 Å². The summed E-state index contributed by atoms with van der Waals surface area (Å²) in [5, 5.41) is 17.9. The van der Waals surface area contributed by atoms with Crippen LogP contribution in [0.3, 0.4) is 0 Å². The molecule has 2 N–H and O–H groups in total. The third-order valence-corrected chi connectivity index (χ3v) is 5.22. The van der Waals surface area contributed by atoms with Gasteiger partial charge < -0.3 is 9.64 Å². The van der Waals surface area contributed by atoms with Crippen molar-refractivity contribution >= 4 is 16.8 Å². The molecule has 0 fully saturated rings. The third kappa shape index (κ3) is 3.96. The summed E-state index contributed by atoms with van der Waals surface area (Å²) in [6.45, 7) is 4.20. The molecule has 1 aromatic carbocycles. The van der Waals surface area contributed by atoms with E-state index in [0.717, 1.165) is 15.6 Å². The molecule has 0 aliphatic carbocycles. The highest BCUT2D eigenvalue weighted by Crippen LogP contribution is 2.30. The Morgan fingerprint density at radius 2 is 2.12 bits per heavy atom. The minimum absolute atomic E-state index is 0.230. The average Bonchev–Trinajstić information content (AvgIpc) is 3.27. The lowest BCUT2D eigenvalue weighted by molar-refractivity contribution is -0.908. The Hall–Kier alpha value is -4.01. The van der Waals surface area contributed by atoms with Gasteiger partial charge in [-0.05, 0) is 25.1 Å². The molecular weight excluding hydrogens is 413 g/mol. The molecule has 3 aromatic heterocycles. The van der Waals surface area contributed by atoms with Crippen molar-refractivity contribution < 1.29 is 23.9 Å². The molecular formula is C23H23FN5O3+. The second-order valence-corrected chi connectivity index (χ2v) is 7.42. The summed E-state index contributed by atoms with van der Waals surface area (Å²) in [6, 6.07) is 7.67. The SMILES string of the molecule is CCOc1cc(C(=O)N(C)Cc2c[n+](O)c(C)c3cn[nH]c23)cnc1-c1cccc(F)c1. The number of aromatic nitrogens is 4. The second-order valence-electron chi connectivity index (χ2n) is 7.42. The largest absolute Gasteiger partial charge is 0.492 e. The first kappa shape index (κ1) is 21.2. The van der Waals surface area contributed by atoms with Crippen LogP contribution in [-0.2, 0) is 6.54 Å². The number of aryl methyl sites for hydroxylation is 1. The van der Waals surface area contributed by atoms with Gasteiger partial charge in [-0.25, -0.2) is 4.39 Å². The topological polar surface area (TPSA) is 95.2 Å². The quantitative estimate of drug-likeness (QED) is 0.357. The van der Waals surface area contributed by atoms with Crippen molar-refractivity contribution in [1.29, 1.82) is 0 Å². The summed E-state index contributed by atoms with van der Waals surface area (Å²) in [7, 11) is 1.66. The first-order chi connectivity index (χ1) is 15.4. The molecule has 0 bridgehead atoms. The number of rotatable bonds is 6. The van der Waals surface area contributed by atoms with Crippen LogP contribution in [0.5, 0.6) is 5.75 Å². The van der Waals surface area contributed by atoms with Gasteiger partial charge in [0.05, 0.1) is 41.4 Å². The fourth-order valence-electron chi connectivity index (χ4n) is 3.58. The highest BCUT2D eigenvalue weighted by Gasteiger charge is 2.22. The summed E-state index contributed by atoms with van der Waals surface area (Å²) in [6.07, 6.45) is 4.64. The number of amides is 1. The van der Waals surface area contributed by atoms with Crippen LogP contribution in [0.1, 0.15) is 28.5 Å². The fourth-order valence-corrected chi connectivity index (χ4v) is 3.58. The first-order valence-electron chi connectivity index (χ1n) is 10.1. The Bertz CT molecular complexity index is 1300. The van der Waals surface area contributed by atoms with Crippen molar-refractivity contribution in [3.63, 3.8) is 0 Å². The Morgan fingerprint density at radius 3 is 2.88 bits per heavy atom. The number of aromatic amines is 1. The number of carbonyl (C=O) groups excluding carboxylic acids is 1. The number of benzene rings is 1. The van der Waals surface area contributed by atoms with Crippen LogP contribution in [-0.4, -0.2) is 44.9 Å². The Balaban J connectivity index is 1.64. The van der Waals surface area contributed by atoms with Gasteiger partial charge in [0, 0.05) is 30.5 Å². The van der Waals surface area contributed by atoms with Crippen molar-refractivity contribution in [3.05, 3.63) is 71.6 Å². The number of halogens is 1. The molecule has 0 spiro atoms. The molecule has 8 nitrogen and oxygen atoms in total. The molecule has 0 saturated heterocycles. The summed E-state index contributed by atoms with van der Waals surface area (Å²) < 4.78 is 20.4. The van der Waals surface area contributed by atoms with Gasteiger partial charge >= 0.3 is 0 Å². The van der Waals surface area contributed by atoms with Crippen molar-refractivity contribution in [3.8, 4) is 17.0 Å². The number of hydrogen-bond acceptors (Lipinski definition) is 5. The molecule has 32 heavy (non-hydrogen) atoms. The van der Waals surface area contributed by atoms with Gasteiger partial charge in [-0.15, -0.1) is 0 Å². The molecule has 4 rings (SSSR count). The van der Waals surface area contributed by atoms with Crippen molar-refractivity contribution in [2.75, 3.05) is 13.7 Å². The predicted molar refractivity (Wildman–Crippen MR) is 115 cm³/mol. The molecule has 3 heterocycles. The zero-order chi connectivity index (χ0) is 22.8. The lowest BCUT2D eigenvalue weighted by Crippen LogP contribution is -2.35. The van der Waals surface area contributed by atoms with Gasteiger partial charge in [0.25, 0.3) is 5.91 Å².